The van der Waals surface area contributed by atoms with Gasteiger partial charge >= 0.3 is 0 Å². The lowest BCUT2D eigenvalue weighted by Gasteiger charge is -2.32. The molecule has 29 heavy (non-hydrogen) atoms. The van der Waals surface area contributed by atoms with E-state index in [2.05, 4.69) is 68.0 Å². The zero-order chi connectivity index (χ0) is 19.2. The van der Waals surface area contributed by atoms with Gasteiger partial charge in [-0.05, 0) is 48.8 Å². The van der Waals surface area contributed by atoms with E-state index in [0.29, 0.717) is 12.0 Å². The number of aromatic nitrogens is 1. The van der Waals surface area contributed by atoms with Crippen molar-refractivity contribution in [3.05, 3.63) is 66.0 Å². The molecule has 2 aromatic rings. The Labute approximate surface area is 191 Å². The molecule has 2 N–H and O–H groups in total. The van der Waals surface area contributed by atoms with E-state index in [1.807, 2.05) is 19.3 Å². The molecule has 1 saturated carbocycles. The molecular weight excluding hydrogens is 473 g/mol. The number of halogens is 1. The van der Waals surface area contributed by atoms with Crippen molar-refractivity contribution in [2.75, 3.05) is 26.7 Å². The van der Waals surface area contributed by atoms with Crippen molar-refractivity contribution in [2.45, 2.75) is 37.8 Å². The SMILES string of the molecule is CN=C(NCC1CC1c1ccccc1)NC1CCN(Cc2ccccn2)CC1.I. The summed E-state index contributed by atoms with van der Waals surface area (Å²) in [5, 5.41) is 7.17. The molecule has 2 atom stereocenters. The first-order valence-corrected chi connectivity index (χ1v) is 10.5. The molecule has 2 aliphatic rings. The molecule has 5 nitrogen and oxygen atoms in total. The van der Waals surface area contributed by atoms with Crippen molar-refractivity contribution in [3.8, 4) is 0 Å². The van der Waals surface area contributed by atoms with Gasteiger partial charge in [0.25, 0.3) is 0 Å². The fourth-order valence-electron chi connectivity index (χ4n) is 4.15. The number of piperidine rings is 1. The lowest BCUT2D eigenvalue weighted by Crippen LogP contribution is -2.48. The van der Waals surface area contributed by atoms with Gasteiger partial charge < -0.3 is 10.6 Å². The second kappa shape index (κ2) is 10.9. The normalized spacial score (nSPS) is 22.6. The van der Waals surface area contributed by atoms with Gasteiger partial charge in [0.05, 0.1) is 5.69 Å². The molecule has 0 radical (unpaired) electrons. The number of nitrogens with one attached hydrogen (secondary N) is 2. The second-order valence-electron chi connectivity index (χ2n) is 7.98. The molecule has 156 valence electrons. The fraction of sp³-hybridized carbons (Fsp3) is 0.478. The third-order valence-electron chi connectivity index (χ3n) is 5.95. The molecule has 1 aromatic carbocycles. The Morgan fingerprint density at radius 3 is 2.55 bits per heavy atom. The first-order valence-electron chi connectivity index (χ1n) is 10.5. The maximum absolute atomic E-state index is 4.44. The molecule has 2 unspecified atom stereocenters. The minimum atomic E-state index is 0. The van der Waals surface area contributed by atoms with E-state index in [0.717, 1.165) is 56.6 Å². The molecular formula is C23H32IN5. The average Bonchev–Trinajstić information content (AvgIpc) is 3.53. The summed E-state index contributed by atoms with van der Waals surface area (Å²) in [6.45, 7) is 4.15. The van der Waals surface area contributed by atoms with Crippen LogP contribution < -0.4 is 10.6 Å². The summed E-state index contributed by atoms with van der Waals surface area (Å²) < 4.78 is 0. The summed E-state index contributed by atoms with van der Waals surface area (Å²) in [6.07, 6.45) is 5.44. The van der Waals surface area contributed by atoms with Gasteiger partial charge in [-0.15, -0.1) is 24.0 Å². The number of rotatable bonds is 6. The van der Waals surface area contributed by atoms with Crippen molar-refractivity contribution >= 4 is 29.9 Å². The monoisotopic (exact) mass is 505 g/mol. The Hall–Kier alpha value is -1.67. The first-order chi connectivity index (χ1) is 13.8. The Balaban J connectivity index is 0.00000240. The summed E-state index contributed by atoms with van der Waals surface area (Å²) >= 11 is 0. The van der Waals surface area contributed by atoms with Crippen molar-refractivity contribution in [3.63, 3.8) is 0 Å². The number of guanidine groups is 1. The van der Waals surface area contributed by atoms with Crippen LogP contribution in [-0.4, -0.2) is 48.6 Å². The zero-order valence-electron chi connectivity index (χ0n) is 17.1. The summed E-state index contributed by atoms with van der Waals surface area (Å²) in [5.74, 6) is 2.38. The van der Waals surface area contributed by atoms with Crippen LogP contribution in [0, 0.1) is 5.92 Å². The number of aliphatic imine (C=N–C) groups is 1. The first kappa shape index (κ1) is 22.0. The molecule has 1 aliphatic carbocycles. The van der Waals surface area contributed by atoms with E-state index in [4.69, 9.17) is 0 Å². The predicted octanol–water partition coefficient (Wildman–Crippen LogP) is 3.63. The van der Waals surface area contributed by atoms with Crippen LogP contribution in [0.1, 0.15) is 36.4 Å². The van der Waals surface area contributed by atoms with E-state index in [1.165, 1.54) is 12.0 Å². The Kier molecular flexibility index (Phi) is 8.29. The molecule has 0 amide bonds. The van der Waals surface area contributed by atoms with Gasteiger partial charge in [-0.2, -0.15) is 0 Å². The van der Waals surface area contributed by atoms with E-state index in [1.54, 1.807) is 0 Å². The number of nitrogens with zero attached hydrogens (tertiary/aromatic N) is 3. The molecule has 1 saturated heterocycles. The Bertz CT molecular complexity index is 759. The maximum Gasteiger partial charge on any atom is 0.191 e. The predicted molar refractivity (Wildman–Crippen MR) is 130 cm³/mol. The van der Waals surface area contributed by atoms with Crippen LogP contribution in [-0.2, 0) is 6.54 Å². The molecule has 1 aromatic heterocycles. The molecule has 1 aliphatic heterocycles. The molecule has 0 bridgehead atoms. The number of pyridine rings is 1. The minimum absolute atomic E-state index is 0. The summed E-state index contributed by atoms with van der Waals surface area (Å²) in [7, 11) is 1.87. The largest absolute Gasteiger partial charge is 0.356 e. The average molecular weight is 505 g/mol. The quantitative estimate of drug-likeness (QED) is 0.358. The van der Waals surface area contributed by atoms with E-state index < -0.39 is 0 Å². The topological polar surface area (TPSA) is 52.6 Å². The molecule has 2 fully saturated rings. The standard InChI is InChI=1S/C23H31N5.HI/c1-24-23(26-16-19-15-22(19)18-7-3-2-4-8-18)27-20-10-13-28(14-11-20)17-21-9-5-6-12-25-21;/h2-9,12,19-20,22H,10-11,13-17H2,1H3,(H2,24,26,27);1H. The lowest BCUT2D eigenvalue weighted by atomic mass is 10.0. The summed E-state index contributed by atoms with van der Waals surface area (Å²) in [4.78, 5) is 11.4. The highest BCUT2D eigenvalue weighted by atomic mass is 127. The second-order valence-corrected chi connectivity index (χ2v) is 7.98. The number of likely N-dealkylation sites (tertiary alicyclic amines) is 1. The molecule has 4 rings (SSSR count). The van der Waals surface area contributed by atoms with E-state index in [-0.39, 0.29) is 24.0 Å². The zero-order valence-corrected chi connectivity index (χ0v) is 19.5. The van der Waals surface area contributed by atoms with Crippen LogP contribution in [0.4, 0.5) is 0 Å². The van der Waals surface area contributed by atoms with Crippen LogP contribution in [0.3, 0.4) is 0 Å². The Morgan fingerprint density at radius 2 is 1.86 bits per heavy atom. The van der Waals surface area contributed by atoms with Gasteiger partial charge in [0.1, 0.15) is 0 Å². The highest BCUT2D eigenvalue weighted by molar-refractivity contribution is 14.0. The number of hydrogen-bond donors (Lipinski definition) is 2. The van der Waals surface area contributed by atoms with E-state index >= 15 is 0 Å². The highest BCUT2D eigenvalue weighted by Crippen LogP contribution is 2.46. The highest BCUT2D eigenvalue weighted by Gasteiger charge is 2.37. The minimum Gasteiger partial charge on any atom is -0.356 e. The summed E-state index contributed by atoms with van der Waals surface area (Å²) in [6, 6.07) is 17.5. The van der Waals surface area contributed by atoms with E-state index in [9.17, 15) is 0 Å². The van der Waals surface area contributed by atoms with Crippen molar-refractivity contribution < 1.29 is 0 Å². The van der Waals surface area contributed by atoms with Crippen LogP contribution in [0.15, 0.2) is 59.7 Å². The molecule has 2 heterocycles. The van der Waals surface area contributed by atoms with Crippen molar-refractivity contribution in [2.24, 2.45) is 10.9 Å². The number of hydrogen-bond acceptors (Lipinski definition) is 3. The van der Waals surface area contributed by atoms with Crippen LogP contribution in [0.25, 0.3) is 0 Å². The number of benzene rings is 1. The van der Waals surface area contributed by atoms with Crippen LogP contribution in [0.2, 0.25) is 0 Å². The smallest absolute Gasteiger partial charge is 0.191 e. The van der Waals surface area contributed by atoms with Gasteiger partial charge in [0.2, 0.25) is 0 Å². The summed E-state index contributed by atoms with van der Waals surface area (Å²) in [5.41, 5.74) is 2.63. The van der Waals surface area contributed by atoms with Gasteiger partial charge in [0.15, 0.2) is 5.96 Å². The third-order valence-corrected chi connectivity index (χ3v) is 5.95. The molecule has 0 spiro atoms. The van der Waals surface area contributed by atoms with Crippen LogP contribution >= 0.6 is 24.0 Å². The molecule has 6 heteroatoms. The lowest BCUT2D eigenvalue weighted by molar-refractivity contribution is 0.196. The van der Waals surface area contributed by atoms with Gasteiger partial charge in [-0.25, -0.2) is 0 Å². The maximum atomic E-state index is 4.44. The third kappa shape index (κ3) is 6.40. The van der Waals surface area contributed by atoms with Crippen molar-refractivity contribution in [1.82, 2.24) is 20.5 Å². The van der Waals surface area contributed by atoms with Crippen molar-refractivity contribution in [1.29, 1.82) is 0 Å². The van der Waals surface area contributed by atoms with Gasteiger partial charge in [-0.3, -0.25) is 14.9 Å². The van der Waals surface area contributed by atoms with Gasteiger partial charge in [0, 0.05) is 45.5 Å². The Morgan fingerprint density at radius 1 is 1.10 bits per heavy atom. The van der Waals surface area contributed by atoms with Crippen LogP contribution in [0.5, 0.6) is 0 Å². The van der Waals surface area contributed by atoms with Gasteiger partial charge in [-0.1, -0.05) is 36.4 Å². The fourth-order valence-corrected chi connectivity index (χ4v) is 4.15.